The Labute approximate surface area is 224 Å². The molecule has 0 bridgehead atoms. The molecule has 4 heterocycles. The summed E-state index contributed by atoms with van der Waals surface area (Å²) in [6.07, 6.45) is 4.34. The van der Waals surface area contributed by atoms with Crippen molar-refractivity contribution in [3.8, 4) is 11.4 Å². The number of anilines is 3. The smallest absolute Gasteiger partial charge is 0.368 e. The molecule has 3 aromatic rings. The molecule has 0 saturated carbocycles. The van der Waals surface area contributed by atoms with Crippen molar-refractivity contribution < 1.29 is 18.6 Å². The molecule has 14 heteroatoms. The highest BCUT2D eigenvalue weighted by Crippen LogP contribution is 2.38. The lowest BCUT2D eigenvalue weighted by Crippen LogP contribution is -2.55. The molecular formula is C25H33F2N9O3. The molecule has 1 aromatic carbocycles. The largest absolute Gasteiger partial charge is 0.486 e. The number of aliphatic hydroxyl groups excluding tert-OH is 1. The fourth-order valence-electron chi connectivity index (χ4n) is 5.58. The van der Waals surface area contributed by atoms with Gasteiger partial charge in [-0.15, -0.1) is 0 Å². The second kappa shape index (κ2) is 10.5. The zero-order valence-electron chi connectivity index (χ0n) is 22.4. The van der Waals surface area contributed by atoms with Crippen LogP contribution >= 0.6 is 0 Å². The standard InChI is InChI=1S/C25H33F2N9O3/c1-14(13-37)39-21-9-17(26)19(10-20(21)36-24(38)34(4)32-33-36)30-23-28-12-18(27)22(31-23)29-15-8-16-6-5-7-35(16)25(2,3)11-15/h9-10,12,14-16,37H,5-8,11,13H2,1-4H3,(H2,28,29,30,31). The minimum atomic E-state index is -0.742. The van der Waals surface area contributed by atoms with Gasteiger partial charge in [0.05, 0.1) is 18.5 Å². The summed E-state index contributed by atoms with van der Waals surface area (Å²) in [4.78, 5) is 23.3. The number of hydrogen-bond acceptors (Lipinski definition) is 10. The van der Waals surface area contributed by atoms with Gasteiger partial charge in [0, 0.05) is 30.7 Å². The van der Waals surface area contributed by atoms with E-state index in [-0.39, 0.29) is 47.1 Å². The molecule has 12 nitrogen and oxygen atoms in total. The van der Waals surface area contributed by atoms with E-state index < -0.39 is 23.4 Å². The van der Waals surface area contributed by atoms with Crippen LogP contribution in [0.1, 0.15) is 46.5 Å². The van der Waals surface area contributed by atoms with E-state index in [9.17, 15) is 14.3 Å². The van der Waals surface area contributed by atoms with Crippen molar-refractivity contribution in [3.05, 3.63) is 40.4 Å². The number of nitrogens with zero attached hydrogens (tertiary/aromatic N) is 7. The molecule has 2 aliphatic rings. The van der Waals surface area contributed by atoms with Gasteiger partial charge in [-0.05, 0) is 69.5 Å². The second-order valence-electron chi connectivity index (χ2n) is 10.8. The van der Waals surface area contributed by atoms with Crippen LogP contribution in [0.4, 0.5) is 26.2 Å². The lowest BCUT2D eigenvalue weighted by molar-refractivity contribution is 0.0500. The highest BCUT2D eigenvalue weighted by Gasteiger charge is 2.43. The first-order valence-corrected chi connectivity index (χ1v) is 13.0. The Morgan fingerprint density at radius 3 is 2.77 bits per heavy atom. The molecule has 0 radical (unpaired) electrons. The molecule has 2 fully saturated rings. The fraction of sp³-hybridized carbons (Fsp3) is 0.560. The van der Waals surface area contributed by atoms with E-state index in [1.54, 1.807) is 6.92 Å². The Hall–Kier alpha value is -3.65. The predicted octanol–water partition coefficient (Wildman–Crippen LogP) is 2.35. The molecule has 210 valence electrons. The molecule has 0 aliphatic carbocycles. The van der Waals surface area contributed by atoms with Crippen molar-refractivity contribution in [2.45, 2.75) is 70.2 Å². The normalized spacial score (nSPS) is 21.4. The van der Waals surface area contributed by atoms with Gasteiger partial charge in [-0.25, -0.2) is 18.6 Å². The number of aromatic nitrogens is 6. The van der Waals surface area contributed by atoms with E-state index in [0.717, 1.165) is 53.9 Å². The molecular weight excluding hydrogens is 512 g/mol. The van der Waals surface area contributed by atoms with Gasteiger partial charge in [0.15, 0.2) is 17.5 Å². The quantitative estimate of drug-likeness (QED) is 0.387. The van der Waals surface area contributed by atoms with E-state index >= 15 is 4.39 Å². The number of tetrazole rings is 1. The van der Waals surface area contributed by atoms with Crippen LogP contribution in [0.5, 0.6) is 5.75 Å². The van der Waals surface area contributed by atoms with Gasteiger partial charge in [-0.1, -0.05) is 0 Å². The molecule has 3 atom stereocenters. The third-order valence-corrected chi connectivity index (χ3v) is 7.37. The number of halogens is 2. The fourth-order valence-corrected chi connectivity index (χ4v) is 5.58. The minimum absolute atomic E-state index is 0.0169. The zero-order valence-corrected chi connectivity index (χ0v) is 22.4. The van der Waals surface area contributed by atoms with Gasteiger partial charge in [0.1, 0.15) is 17.5 Å². The summed E-state index contributed by atoms with van der Waals surface area (Å²) < 4.78 is 37.5. The number of fused-ring (bicyclic) bond motifs is 1. The summed E-state index contributed by atoms with van der Waals surface area (Å²) in [5.41, 5.74) is -0.612. The molecule has 39 heavy (non-hydrogen) atoms. The van der Waals surface area contributed by atoms with Crippen LogP contribution in [0.2, 0.25) is 0 Å². The zero-order chi connectivity index (χ0) is 27.9. The van der Waals surface area contributed by atoms with E-state index in [1.165, 1.54) is 13.1 Å². The number of ether oxygens (including phenoxy) is 1. The van der Waals surface area contributed by atoms with Crippen molar-refractivity contribution in [2.75, 3.05) is 23.8 Å². The van der Waals surface area contributed by atoms with Crippen molar-refractivity contribution in [1.29, 1.82) is 0 Å². The summed E-state index contributed by atoms with van der Waals surface area (Å²) >= 11 is 0. The maximum atomic E-state index is 15.2. The minimum Gasteiger partial charge on any atom is -0.486 e. The lowest BCUT2D eigenvalue weighted by Gasteiger charge is -2.47. The summed E-state index contributed by atoms with van der Waals surface area (Å²) in [6.45, 7) is 6.76. The molecule has 0 spiro atoms. The average molecular weight is 546 g/mol. The molecule has 2 saturated heterocycles. The topological polar surface area (TPSA) is 135 Å². The predicted molar refractivity (Wildman–Crippen MR) is 139 cm³/mol. The Morgan fingerprint density at radius 1 is 1.26 bits per heavy atom. The summed E-state index contributed by atoms with van der Waals surface area (Å²) in [5.74, 6) is -1.38. The Morgan fingerprint density at radius 2 is 2.05 bits per heavy atom. The third kappa shape index (κ3) is 5.43. The highest BCUT2D eigenvalue weighted by atomic mass is 19.1. The van der Waals surface area contributed by atoms with Crippen LogP contribution < -0.4 is 21.1 Å². The van der Waals surface area contributed by atoms with Crippen LogP contribution in [0, 0.1) is 11.6 Å². The van der Waals surface area contributed by atoms with E-state index in [0.29, 0.717) is 6.04 Å². The SMILES string of the molecule is CC(CO)Oc1cc(F)c(Nc2ncc(F)c(NC3CC4CCCN4C(C)(C)C3)n2)cc1-n1nnn(C)c1=O. The van der Waals surface area contributed by atoms with Crippen molar-refractivity contribution in [1.82, 2.24) is 34.7 Å². The van der Waals surface area contributed by atoms with Gasteiger partial charge < -0.3 is 20.5 Å². The van der Waals surface area contributed by atoms with Crippen LogP contribution in [0.3, 0.4) is 0 Å². The van der Waals surface area contributed by atoms with Crippen molar-refractivity contribution in [2.24, 2.45) is 7.05 Å². The van der Waals surface area contributed by atoms with Crippen LogP contribution in [0.15, 0.2) is 23.1 Å². The van der Waals surface area contributed by atoms with Crippen LogP contribution in [0.25, 0.3) is 5.69 Å². The highest BCUT2D eigenvalue weighted by molar-refractivity contribution is 5.63. The monoisotopic (exact) mass is 545 g/mol. The number of benzene rings is 1. The maximum Gasteiger partial charge on any atom is 0.368 e. The van der Waals surface area contributed by atoms with Gasteiger partial charge in [-0.3, -0.25) is 4.90 Å². The molecule has 2 aromatic heterocycles. The number of aryl methyl sites for hydroxylation is 1. The molecule has 3 N–H and O–H groups in total. The van der Waals surface area contributed by atoms with E-state index in [1.807, 2.05) is 0 Å². The summed E-state index contributed by atoms with van der Waals surface area (Å²) in [6, 6.07) is 2.82. The van der Waals surface area contributed by atoms with Crippen LogP contribution in [-0.2, 0) is 7.05 Å². The number of aliphatic hydroxyl groups is 1. The second-order valence-corrected chi connectivity index (χ2v) is 10.8. The molecule has 3 unspecified atom stereocenters. The first-order chi connectivity index (χ1) is 18.6. The van der Waals surface area contributed by atoms with Crippen molar-refractivity contribution in [3.63, 3.8) is 0 Å². The Kier molecular flexibility index (Phi) is 7.25. The molecule has 5 rings (SSSR count). The maximum absolute atomic E-state index is 15.2. The first kappa shape index (κ1) is 26.9. The van der Waals surface area contributed by atoms with Crippen LogP contribution in [-0.4, -0.2) is 76.6 Å². The van der Waals surface area contributed by atoms with Crippen molar-refractivity contribution >= 4 is 17.5 Å². The van der Waals surface area contributed by atoms with E-state index in [2.05, 4.69) is 49.8 Å². The van der Waals surface area contributed by atoms with Gasteiger partial charge >= 0.3 is 5.69 Å². The molecule has 0 amide bonds. The number of piperidine rings is 1. The average Bonchev–Trinajstić information content (AvgIpc) is 3.49. The Bertz CT molecular complexity index is 1410. The first-order valence-electron chi connectivity index (χ1n) is 13.0. The summed E-state index contributed by atoms with van der Waals surface area (Å²) in [7, 11) is 1.42. The third-order valence-electron chi connectivity index (χ3n) is 7.37. The van der Waals surface area contributed by atoms with Gasteiger partial charge in [0.25, 0.3) is 0 Å². The number of nitrogens with one attached hydrogen (secondary N) is 2. The number of hydrogen-bond donors (Lipinski definition) is 3. The van der Waals surface area contributed by atoms with Gasteiger partial charge in [-0.2, -0.15) is 14.3 Å². The summed E-state index contributed by atoms with van der Waals surface area (Å²) in [5, 5.41) is 22.9. The lowest BCUT2D eigenvalue weighted by atomic mass is 9.84. The Balaban J connectivity index is 1.42. The number of rotatable bonds is 8. The molecule has 2 aliphatic heterocycles. The van der Waals surface area contributed by atoms with E-state index in [4.69, 9.17) is 4.74 Å². The van der Waals surface area contributed by atoms with Gasteiger partial charge in [0.2, 0.25) is 5.95 Å².